The van der Waals surface area contributed by atoms with Crippen LogP contribution in [0, 0.1) is 0 Å². The molecule has 0 heterocycles. The molecule has 0 bridgehead atoms. The van der Waals surface area contributed by atoms with Gasteiger partial charge >= 0.3 is 11.9 Å². The van der Waals surface area contributed by atoms with Gasteiger partial charge in [-0.1, -0.05) is 0 Å². The lowest BCUT2D eigenvalue weighted by Crippen LogP contribution is -2.30. The Hall–Kier alpha value is -1.85. The summed E-state index contributed by atoms with van der Waals surface area (Å²) in [7, 11) is 1.13. The molecule has 6 nitrogen and oxygen atoms in total. The normalized spacial score (nSPS) is 13.5. The van der Waals surface area contributed by atoms with Crippen molar-refractivity contribution in [2.24, 2.45) is 5.73 Å². The Morgan fingerprint density at radius 3 is 2.00 bits per heavy atom. The largest absolute Gasteiger partial charge is 0.465 e. The maximum absolute atomic E-state index is 11.7. The second-order valence-corrected chi connectivity index (χ2v) is 3.17. The zero-order valence-corrected chi connectivity index (χ0v) is 9.70. The van der Waals surface area contributed by atoms with Gasteiger partial charge in [-0.2, -0.15) is 0 Å². The van der Waals surface area contributed by atoms with Crippen molar-refractivity contribution in [1.29, 1.82) is 0 Å². The minimum atomic E-state index is -1.06. The van der Waals surface area contributed by atoms with Crippen LogP contribution in [0.25, 0.3) is 0 Å². The molecule has 0 radical (unpaired) electrons. The maximum Gasteiger partial charge on any atom is 0.343 e. The molecule has 1 atom stereocenters. The van der Waals surface area contributed by atoms with Gasteiger partial charge in [-0.3, -0.25) is 9.59 Å². The first-order valence-electron chi connectivity index (χ1n) is 4.57. The van der Waals surface area contributed by atoms with Crippen LogP contribution in [0.1, 0.15) is 20.8 Å². The number of ether oxygens (including phenoxy) is 2. The number of hydrogen-bond donors (Lipinski definition) is 1. The molecule has 0 fully saturated rings. The zero-order chi connectivity index (χ0) is 12.9. The van der Waals surface area contributed by atoms with Gasteiger partial charge in [0.05, 0.1) is 7.11 Å². The molecule has 0 aromatic rings. The molecule has 90 valence electrons. The van der Waals surface area contributed by atoms with Gasteiger partial charge in [0.15, 0.2) is 6.10 Å². The van der Waals surface area contributed by atoms with Crippen LogP contribution in [-0.2, 0) is 23.9 Å². The highest BCUT2D eigenvalue weighted by Crippen LogP contribution is 2.09. The Morgan fingerprint density at radius 2 is 1.69 bits per heavy atom. The van der Waals surface area contributed by atoms with Crippen LogP contribution in [0.2, 0.25) is 0 Å². The Labute approximate surface area is 93.4 Å². The number of carbonyl (C=O) groups is 3. The average Bonchev–Trinajstić information content (AvgIpc) is 2.15. The predicted octanol–water partition coefficient (Wildman–Crippen LogP) is -0.0872. The van der Waals surface area contributed by atoms with E-state index in [1.807, 2.05) is 0 Å². The second kappa shape index (κ2) is 5.89. The van der Waals surface area contributed by atoms with Crippen LogP contribution >= 0.6 is 0 Å². The summed E-state index contributed by atoms with van der Waals surface area (Å²) in [6, 6.07) is 0. The summed E-state index contributed by atoms with van der Waals surface area (Å²) >= 11 is 0. The lowest BCUT2D eigenvalue weighted by atomic mass is 10.1. The van der Waals surface area contributed by atoms with Crippen LogP contribution < -0.4 is 5.73 Å². The molecule has 0 aliphatic heterocycles. The Balaban J connectivity index is 4.99. The van der Waals surface area contributed by atoms with E-state index in [1.165, 1.54) is 20.8 Å². The van der Waals surface area contributed by atoms with Gasteiger partial charge < -0.3 is 15.2 Å². The van der Waals surface area contributed by atoms with Crippen molar-refractivity contribution >= 4 is 17.7 Å². The van der Waals surface area contributed by atoms with E-state index in [-0.39, 0.29) is 11.3 Å². The van der Waals surface area contributed by atoms with Crippen LogP contribution in [0.15, 0.2) is 11.3 Å². The van der Waals surface area contributed by atoms with Gasteiger partial charge in [-0.25, -0.2) is 4.79 Å². The van der Waals surface area contributed by atoms with Gasteiger partial charge in [-0.05, 0) is 13.8 Å². The number of hydrogen-bond acceptors (Lipinski definition) is 6. The maximum atomic E-state index is 11.7. The van der Waals surface area contributed by atoms with E-state index in [0.29, 0.717) is 0 Å². The monoisotopic (exact) mass is 229 g/mol. The lowest BCUT2D eigenvalue weighted by Gasteiger charge is -2.12. The number of allylic oxidation sites excluding steroid dienone is 1. The first kappa shape index (κ1) is 14.2. The Bertz CT molecular complexity index is 341. The molecule has 16 heavy (non-hydrogen) atoms. The third-order valence-electron chi connectivity index (χ3n) is 1.74. The van der Waals surface area contributed by atoms with E-state index < -0.39 is 23.8 Å². The molecule has 0 saturated carbocycles. The topological polar surface area (TPSA) is 95.7 Å². The summed E-state index contributed by atoms with van der Waals surface area (Å²) in [6.07, 6.45) is -1.06. The first-order chi connectivity index (χ1) is 7.31. The van der Waals surface area contributed by atoms with Crippen molar-refractivity contribution in [3.05, 3.63) is 11.3 Å². The molecule has 6 heteroatoms. The number of esters is 2. The summed E-state index contributed by atoms with van der Waals surface area (Å²) in [5.41, 5.74) is 5.13. The highest BCUT2D eigenvalue weighted by Gasteiger charge is 2.27. The van der Waals surface area contributed by atoms with Gasteiger partial charge in [-0.15, -0.1) is 0 Å². The number of rotatable bonds is 4. The van der Waals surface area contributed by atoms with Gasteiger partial charge in [0.25, 0.3) is 0 Å². The number of carbonyl (C=O) groups excluding carboxylic acids is 3. The van der Waals surface area contributed by atoms with Crippen molar-refractivity contribution in [3.8, 4) is 0 Å². The molecule has 0 aromatic carbocycles. The van der Waals surface area contributed by atoms with Crippen molar-refractivity contribution in [2.75, 3.05) is 7.11 Å². The fourth-order valence-corrected chi connectivity index (χ4v) is 1.06. The fourth-order valence-electron chi connectivity index (χ4n) is 1.06. The second-order valence-electron chi connectivity index (χ2n) is 3.17. The summed E-state index contributed by atoms with van der Waals surface area (Å²) in [5, 5.41) is 0. The quantitative estimate of drug-likeness (QED) is 0.313. The standard InChI is InChI=1S/C10H15NO5/c1-5(11)8(10(14)15-4)9(13)6(2)16-7(3)12/h6H,11H2,1-4H3. The molecule has 0 aliphatic rings. The third-order valence-corrected chi connectivity index (χ3v) is 1.74. The molecular weight excluding hydrogens is 214 g/mol. The molecule has 0 rings (SSSR count). The van der Waals surface area contributed by atoms with Crippen LogP contribution in [0.4, 0.5) is 0 Å². The lowest BCUT2D eigenvalue weighted by molar-refractivity contribution is -0.152. The predicted molar refractivity (Wildman–Crippen MR) is 55.1 cm³/mol. The van der Waals surface area contributed by atoms with E-state index in [9.17, 15) is 14.4 Å². The number of methoxy groups -OCH3 is 1. The summed E-state index contributed by atoms with van der Waals surface area (Å²) in [6.45, 7) is 3.92. The Morgan fingerprint density at radius 1 is 1.19 bits per heavy atom. The fraction of sp³-hybridized carbons (Fsp3) is 0.500. The zero-order valence-electron chi connectivity index (χ0n) is 9.70. The van der Waals surface area contributed by atoms with Crippen LogP contribution in [0.3, 0.4) is 0 Å². The Kier molecular flexibility index (Phi) is 5.21. The van der Waals surface area contributed by atoms with E-state index in [1.54, 1.807) is 0 Å². The van der Waals surface area contributed by atoms with Crippen molar-refractivity contribution < 1.29 is 23.9 Å². The van der Waals surface area contributed by atoms with E-state index in [0.717, 1.165) is 7.11 Å². The molecule has 0 aromatic heterocycles. The summed E-state index contributed by atoms with van der Waals surface area (Å²) < 4.78 is 9.06. The van der Waals surface area contributed by atoms with Gasteiger partial charge in [0.1, 0.15) is 5.57 Å². The summed E-state index contributed by atoms with van der Waals surface area (Å²) in [5.74, 6) is -2.13. The van der Waals surface area contributed by atoms with Crippen LogP contribution in [0.5, 0.6) is 0 Å². The van der Waals surface area contributed by atoms with Crippen LogP contribution in [-0.4, -0.2) is 30.9 Å². The van der Waals surface area contributed by atoms with Crippen molar-refractivity contribution in [1.82, 2.24) is 0 Å². The molecule has 0 amide bonds. The minimum absolute atomic E-state index is 0.0239. The smallest absolute Gasteiger partial charge is 0.343 e. The molecular formula is C10H15NO5. The van der Waals surface area contributed by atoms with Gasteiger partial charge in [0.2, 0.25) is 5.78 Å². The van der Waals surface area contributed by atoms with E-state index >= 15 is 0 Å². The minimum Gasteiger partial charge on any atom is -0.465 e. The molecule has 0 saturated heterocycles. The highest BCUT2D eigenvalue weighted by atomic mass is 16.5. The van der Waals surface area contributed by atoms with Crippen molar-refractivity contribution in [2.45, 2.75) is 26.9 Å². The summed E-state index contributed by atoms with van der Waals surface area (Å²) in [4.78, 5) is 33.6. The molecule has 0 spiro atoms. The highest BCUT2D eigenvalue weighted by molar-refractivity contribution is 6.19. The number of ketones is 1. The van der Waals surface area contributed by atoms with Crippen molar-refractivity contribution in [3.63, 3.8) is 0 Å². The molecule has 2 N–H and O–H groups in total. The van der Waals surface area contributed by atoms with E-state index in [2.05, 4.69) is 9.47 Å². The van der Waals surface area contributed by atoms with E-state index in [4.69, 9.17) is 5.73 Å². The van der Waals surface area contributed by atoms with Gasteiger partial charge in [0, 0.05) is 12.6 Å². The SMILES string of the molecule is COC(=O)C(C(=O)C(C)OC(C)=O)=C(C)N. The molecule has 1 unspecified atom stereocenters. The number of nitrogens with two attached hydrogens (primary N) is 1. The first-order valence-corrected chi connectivity index (χ1v) is 4.57. The molecule has 0 aliphatic carbocycles. The third kappa shape index (κ3) is 3.72. The average molecular weight is 229 g/mol. The number of Topliss-reactive ketones (excluding diaryl/α,β-unsaturated/α-hetero) is 1.